The highest BCUT2D eigenvalue weighted by Crippen LogP contribution is 2.30. The summed E-state index contributed by atoms with van der Waals surface area (Å²) in [6, 6.07) is 1.65. The number of aromatic nitrogens is 1. The maximum absolute atomic E-state index is 11.8. The van der Waals surface area contributed by atoms with Gasteiger partial charge in [-0.3, -0.25) is 4.79 Å². The summed E-state index contributed by atoms with van der Waals surface area (Å²) in [5.41, 5.74) is 5.73. The molecule has 6 heteroatoms. The Kier molecular flexibility index (Phi) is 2.87. The Morgan fingerprint density at radius 3 is 2.94 bits per heavy atom. The van der Waals surface area contributed by atoms with Crippen LogP contribution in [0.5, 0.6) is 0 Å². The van der Waals surface area contributed by atoms with Crippen LogP contribution in [-0.2, 0) is 4.79 Å². The molecule has 0 bridgehead atoms. The molecule has 0 saturated carbocycles. The maximum Gasteiger partial charge on any atom is 0.245 e. The molecule has 1 fully saturated rings. The predicted molar refractivity (Wildman–Crippen MR) is 68.1 cm³/mol. The van der Waals surface area contributed by atoms with E-state index in [2.05, 4.69) is 10.3 Å². The number of nitrogens with one attached hydrogen (secondary N) is 1. The fraction of sp³-hybridized carbons (Fsp3) is 0.455. The lowest BCUT2D eigenvalue weighted by atomic mass is 9.99. The largest absolute Gasteiger partial charge is 0.396 e. The van der Waals surface area contributed by atoms with Crippen molar-refractivity contribution in [1.82, 2.24) is 10.3 Å². The smallest absolute Gasteiger partial charge is 0.245 e. The van der Waals surface area contributed by atoms with Gasteiger partial charge in [-0.25, -0.2) is 4.98 Å². The molecule has 3 N–H and O–H groups in total. The molecule has 0 spiro atoms. The molecule has 1 aliphatic heterocycles. The fourth-order valence-corrected chi connectivity index (χ4v) is 2.11. The van der Waals surface area contributed by atoms with E-state index in [-0.39, 0.29) is 5.91 Å². The van der Waals surface area contributed by atoms with Crippen molar-refractivity contribution < 1.29 is 4.79 Å². The van der Waals surface area contributed by atoms with Gasteiger partial charge in [-0.15, -0.1) is 0 Å². The topological polar surface area (TPSA) is 71.2 Å². The third-order valence-corrected chi connectivity index (χ3v) is 3.18. The normalized spacial score (nSPS) is 19.0. The van der Waals surface area contributed by atoms with Crippen LogP contribution < -0.4 is 16.0 Å². The first kappa shape index (κ1) is 12.0. The highest BCUT2D eigenvalue weighted by Gasteiger charge is 2.39. The van der Waals surface area contributed by atoms with E-state index in [1.807, 2.05) is 18.7 Å². The molecular weight excluding hydrogens is 240 g/mol. The van der Waals surface area contributed by atoms with Gasteiger partial charge >= 0.3 is 0 Å². The Morgan fingerprint density at radius 2 is 2.29 bits per heavy atom. The number of rotatable bonds is 1. The lowest BCUT2D eigenvalue weighted by Crippen LogP contribution is -2.62. The molecule has 0 aliphatic carbocycles. The number of hydrogen-bond donors (Lipinski definition) is 2. The first-order chi connectivity index (χ1) is 7.93. The number of nitrogens with two attached hydrogens (primary N) is 1. The third-order valence-electron chi connectivity index (χ3n) is 2.97. The van der Waals surface area contributed by atoms with Crippen LogP contribution in [-0.4, -0.2) is 29.5 Å². The Bertz CT molecular complexity index is 461. The summed E-state index contributed by atoms with van der Waals surface area (Å²) in [5, 5.41) is 3.32. The summed E-state index contributed by atoms with van der Waals surface area (Å²) in [7, 11) is 0. The van der Waals surface area contributed by atoms with Crippen molar-refractivity contribution in [1.29, 1.82) is 0 Å². The molecule has 1 aromatic heterocycles. The quantitative estimate of drug-likeness (QED) is 0.785. The number of nitrogen functional groups attached to an aromatic ring is 1. The summed E-state index contributed by atoms with van der Waals surface area (Å²) < 4.78 is 0. The molecule has 0 unspecified atom stereocenters. The van der Waals surface area contributed by atoms with Gasteiger partial charge in [-0.2, -0.15) is 0 Å². The minimum absolute atomic E-state index is 0.0279. The third kappa shape index (κ3) is 2.02. The highest BCUT2D eigenvalue weighted by molar-refractivity contribution is 6.30. The molecule has 1 aromatic rings. The van der Waals surface area contributed by atoms with Crippen LogP contribution >= 0.6 is 11.6 Å². The van der Waals surface area contributed by atoms with Gasteiger partial charge in [0.15, 0.2) is 5.82 Å². The molecule has 2 rings (SSSR count). The first-order valence-electron chi connectivity index (χ1n) is 5.40. The monoisotopic (exact) mass is 254 g/mol. The van der Waals surface area contributed by atoms with Crippen LogP contribution in [0.2, 0.25) is 5.02 Å². The van der Waals surface area contributed by atoms with E-state index in [4.69, 9.17) is 17.3 Å². The molecule has 17 heavy (non-hydrogen) atoms. The standard InChI is InChI=1S/C11H15ClN4O/c1-11(2)10(17)14-3-4-16(11)9-8(13)5-7(12)6-15-9/h5-6H,3-4,13H2,1-2H3,(H,14,17). The van der Waals surface area contributed by atoms with Gasteiger partial charge in [0, 0.05) is 19.3 Å². The van der Waals surface area contributed by atoms with Crippen LogP contribution in [0.15, 0.2) is 12.3 Å². The van der Waals surface area contributed by atoms with Gasteiger partial charge < -0.3 is 16.0 Å². The lowest BCUT2D eigenvalue weighted by Gasteiger charge is -2.42. The first-order valence-corrected chi connectivity index (χ1v) is 5.77. The number of carbonyl (C=O) groups is 1. The molecule has 0 aromatic carbocycles. The summed E-state index contributed by atoms with van der Waals surface area (Å²) in [6.07, 6.45) is 1.54. The average molecular weight is 255 g/mol. The van der Waals surface area contributed by atoms with Gasteiger partial charge in [-0.05, 0) is 19.9 Å². The van der Waals surface area contributed by atoms with Crippen LogP contribution in [0.3, 0.4) is 0 Å². The number of carbonyl (C=O) groups excluding carboxylic acids is 1. The number of nitrogens with zero attached hydrogens (tertiary/aromatic N) is 2. The summed E-state index contributed by atoms with van der Waals surface area (Å²) in [4.78, 5) is 18.0. The van der Waals surface area contributed by atoms with E-state index in [9.17, 15) is 4.79 Å². The average Bonchev–Trinajstić information content (AvgIpc) is 2.23. The van der Waals surface area contributed by atoms with E-state index >= 15 is 0 Å². The number of piperazine rings is 1. The zero-order chi connectivity index (χ0) is 12.6. The van der Waals surface area contributed by atoms with Crippen LogP contribution in [0.1, 0.15) is 13.8 Å². The molecule has 5 nitrogen and oxygen atoms in total. The maximum atomic E-state index is 11.8. The van der Waals surface area contributed by atoms with E-state index in [0.717, 1.165) is 0 Å². The zero-order valence-corrected chi connectivity index (χ0v) is 10.6. The second-order valence-electron chi connectivity index (χ2n) is 4.53. The van der Waals surface area contributed by atoms with E-state index in [1.165, 1.54) is 6.20 Å². The molecule has 2 heterocycles. The van der Waals surface area contributed by atoms with Gasteiger partial charge in [0.2, 0.25) is 5.91 Å². The van der Waals surface area contributed by atoms with Gasteiger partial charge in [0.05, 0.1) is 10.7 Å². The molecule has 92 valence electrons. The van der Waals surface area contributed by atoms with Crippen molar-refractivity contribution >= 4 is 29.0 Å². The van der Waals surface area contributed by atoms with Crippen LogP contribution in [0.4, 0.5) is 11.5 Å². The van der Waals surface area contributed by atoms with Crippen LogP contribution in [0, 0.1) is 0 Å². The summed E-state index contributed by atoms with van der Waals surface area (Å²) >= 11 is 5.82. The second-order valence-corrected chi connectivity index (χ2v) is 4.97. The van der Waals surface area contributed by atoms with Gasteiger partial charge in [0.1, 0.15) is 5.54 Å². The van der Waals surface area contributed by atoms with E-state index < -0.39 is 5.54 Å². The SMILES string of the molecule is CC1(C)C(=O)NCCN1c1ncc(Cl)cc1N. The van der Waals surface area contributed by atoms with Crippen molar-refractivity contribution in [3.8, 4) is 0 Å². The summed E-state index contributed by atoms with van der Waals surface area (Å²) in [5.74, 6) is 0.578. The number of pyridine rings is 1. The zero-order valence-electron chi connectivity index (χ0n) is 9.83. The Balaban J connectivity index is 2.41. The van der Waals surface area contributed by atoms with Crippen molar-refractivity contribution in [2.75, 3.05) is 23.7 Å². The summed E-state index contributed by atoms with van der Waals surface area (Å²) in [6.45, 7) is 4.96. The van der Waals surface area contributed by atoms with E-state index in [0.29, 0.717) is 29.6 Å². The Morgan fingerprint density at radius 1 is 1.59 bits per heavy atom. The van der Waals surface area contributed by atoms with E-state index in [1.54, 1.807) is 6.07 Å². The molecular formula is C11H15ClN4O. The highest BCUT2D eigenvalue weighted by atomic mass is 35.5. The molecule has 1 saturated heterocycles. The Labute approximate surface area is 105 Å². The fourth-order valence-electron chi connectivity index (χ4n) is 1.94. The minimum atomic E-state index is -0.660. The number of halogens is 1. The van der Waals surface area contributed by atoms with Crippen molar-refractivity contribution in [2.24, 2.45) is 0 Å². The van der Waals surface area contributed by atoms with Crippen LogP contribution in [0.25, 0.3) is 0 Å². The minimum Gasteiger partial charge on any atom is -0.396 e. The number of hydrogen-bond acceptors (Lipinski definition) is 4. The predicted octanol–water partition coefficient (Wildman–Crippen LogP) is 1.03. The number of amides is 1. The molecule has 1 aliphatic rings. The van der Waals surface area contributed by atoms with Crippen molar-refractivity contribution in [3.63, 3.8) is 0 Å². The molecule has 0 radical (unpaired) electrons. The van der Waals surface area contributed by atoms with Crippen molar-refractivity contribution in [2.45, 2.75) is 19.4 Å². The molecule has 0 atom stereocenters. The Hall–Kier alpha value is -1.49. The number of anilines is 2. The van der Waals surface area contributed by atoms with Gasteiger partial charge in [0.25, 0.3) is 0 Å². The van der Waals surface area contributed by atoms with Gasteiger partial charge in [-0.1, -0.05) is 11.6 Å². The van der Waals surface area contributed by atoms with Crippen molar-refractivity contribution in [3.05, 3.63) is 17.3 Å². The molecule has 1 amide bonds. The second kappa shape index (κ2) is 4.07. The lowest BCUT2D eigenvalue weighted by molar-refractivity contribution is -0.126.